The Bertz CT molecular complexity index is 568. The molecule has 0 fully saturated rings. The second kappa shape index (κ2) is 6.85. The van der Waals surface area contributed by atoms with E-state index in [2.05, 4.69) is 4.90 Å². The van der Waals surface area contributed by atoms with E-state index in [9.17, 15) is 8.42 Å². The van der Waals surface area contributed by atoms with Crippen molar-refractivity contribution < 1.29 is 8.42 Å². The molecule has 20 heavy (non-hydrogen) atoms. The van der Waals surface area contributed by atoms with Crippen LogP contribution in [0.5, 0.6) is 0 Å². The summed E-state index contributed by atoms with van der Waals surface area (Å²) in [6.07, 6.45) is 0. The molecule has 0 aliphatic heterocycles. The van der Waals surface area contributed by atoms with Crippen LogP contribution < -0.4 is 5.73 Å². The summed E-state index contributed by atoms with van der Waals surface area (Å²) in [5.74, 6) is -0.0557. The minimum Gasteiger partial charge on any atom is -0.384 e. The maximum absolute atomic E-state index is 12.3. The van der Waals surface area contributed by atoms with Gasteiger partial charge in [0.15, 0.2) is 9.84 Å². The normalized spacial score (nSPS) is 12.1. The van der Waals surface area contributed by atoms with Gasteiger partial charge < -0.3 is 10.6 Å². The average molecular weight is 297 g/mol. The van der Waals surface area contributed by atoms with E-state index in [4.69, 9.17) is 11.1 Å². The van der Waals surface area contributed by atoms with Crippen molar-refractivity contribution in [2.45, 2.75) is 31.7 Å². The minimum absolute atomic E-state index is 0.0698. The van der Waals surface area contributed by atoms with Gasteiger partial charge in [0.1, 0.15) is 5.84 Å². The molecule has 0 aliphatic rings. The van der Waals surface area contributed by atoms with Crippen molar-refractivity contribution in [3.05, 3.63) is 29.8 Å². The van der Waals surface area contributed by atoms with Crippen LogP contribution in [0, 0.1) is 5.41 Å². The molecule has 0 amide bonds. The standard InChI is InChI=1S/C14H23N3O2S/c1-4-17(11(2)3)8-9-20(18,19)13-7-5-6-12(10-13)14(15)16/h5-7,10-11H,4,8-9H2,1-3H3,(H3,15,16). The van der Waals surface area contributed by atoms with Crippen LogP contribution in [0.4, 0.5) is 0 Å². The third-order valence-electron chi connectivity index (χ3n) is 3.29. The molecule has 3 N–H and O–H groups in total. The Hall–Kier alpha value is -1.40. The van der Waals surface area contributed by atoms with E-state index in [0.29, 0.717) is 18.2 Å². The minimum atomic E-state index is -3.35. The smallest absolute Gasteiger partial charge is 0.179 e. The van der Waals surface area contributed by atoms with E-state index in [1.807, 2.05) is 20.8 Å². The summed E-state index contributed by atoms with van der Waals surface area (Å²) in [6, 6.07) is 6.58. The van der Waals surface area contributed by atoms with Crippen LogP contribution in [-0.4, -0.2) is 44.0 Å². The maximum Gasteiger partial charge on any atom is 0.179 e. The van der Waals surface area contributed by atoms with E-state index in [1.54, 1.807) is 18.2 Å². The molecule has 0 heterocycles. The van der Waals surface area contributed by atoms with Gasteiger partial charge in [-0.05, 0) is 32.5 Å². The molecule has 0 aromatic heterocycles. The molecule has 112 valence electrons. The van der Waals surface area contributed by atoms with Crippen LogP contribution in [0.2, 0.25) is 0 Å². The van der Waals surface area contributed by atoms with Crippen molar-refractivity contribution in [2.75, 3.05) is 18.8 Å². The van der Waals surface area contributed by atoms with Gasteiger partial charge in [-0.2, -0.15) is 0 Å². The van der Waals surface area contributed by atoms with Gasteiger partial charge in [-0.1, -0.05) is 19.1 Å². The summed E-state index contributed by atoms with van der Waals surface area (Å²) in [7, 11) is -3.35. The molecule has 0 aliphatic carbocycles. The number of nitrogen functional groups attached to an aromatic ring is 1. The van der Waals surface area contributed by atoms with Gasteiger partial charge in [0.2, 0.25) is 0 Å². The second-order valence-electron chi connectivity index (χ2n) is 4.98. The monoisotopic (exact) mass is 297 g/mol. The predicted octanol–water partition coefficient (Wildman–Crippen LogP) is 1.47. The zero-order chi connectivity index (χ0) is 15.3. The van der Waals surface area contributed by atoms with Gasteiger partial charge in [-0.25, -0.2) is 8.42 Å². The fourth-order valence-electron chi connectivity index (χ4n) is 1.99. The zero-order valence-electron chi connectivity index (χ0n) is 12.3. The van der Waals surface area contributed by atoms with E-state index < -0.39 is 9.84 Å². The molecule has 6 heteroatoms. The number of rotatable bonds is 7. The zero-order valence-corrected chi connectivity index (χ0v) is 13.1. The Balaban J connectivity index is 2.89. The quantitative estimate of drug-likeness (QED) is 0.589. The molecule has 0 atom stereocenters. The Morgan fingerprint density at radius 1 is 1.40 bits per heavy atom. The Morgan fingerprint density at radius 2 is 2.05 bits per heavy atom. The van der Waals surface area contributed by atoms with Gasteiger partial charge >= 0.3 is 0 Å². The number of hydrogen-bond acceptors (Lipinski definition) is 4. The summed E-state index contributed by atoms with van der Waals surface area (Å²) in [5, 5.41) is 7.37. The molecule has 5 nitrogen and oxygen atoms in total. The van der Waals surface area contributed by atoms with Crippen molar-refractivity contribution in [1.29, 1.82) is 5.41 Å². The van der Waals surface area contributed by atoms with Gasteiger partial charge in [0.05, 0.1) is 10.6 Å². The van der Waals surface area contributed by atoms with Gasteiger partial charge in [-0.3, -0.25) is 5.41 Å². The number of nitrogens with one attached hydrogen (secondary N) is 1. The molecular formula is C14H23N3O2S. The van der Waals surface area contributed by atoms with E-state index >= 15 is 0 Å². The Labute approximate surface area is 121 Å². The summed E-state index contributed by atoms with van der Waals surface area (Å²) in [4.78, 5) is 2.33. The third kappa shape index (κ3) is 4.31. The highest BCUT2D eigenvalue weighted by Crippen LogP contribution is 2.14. The number of sulfone groups is 1. The van der Waals surface area contributed by atoms with Crippen molar-refractivity contribution in [1.82, 2.24) is 4.90 Å². The summed E-state index contributed by atoms with van der Waals surface area (Å²) in [6.45, 7) is 7.43. The van der Waals surface area contributed by atoms with E-state index in [1.165, 1.54) is 6.07 Å². The summed E-state index contributed by atoms with van der Waals surface area (Å²) < 4.78 is 24.6. The van der Waals surface area contributed by atoms with Crippen molar-refractivity contribution >= 4 is 15.7 Å². The molecule has 0 spiro atoms. The largest absolute Gasteiger partial charge is 0.384 e. The lowest BCUT2D eigenvalue weighted by molar-refractivity contribution is 0.247. The van der Waals surface area contributed by atoms with Gasteiger partial charge in [-0.15, -0.1) is 0 Å². The first-order chi connectivity index (χ1) is 9.27. The molecular weight excluding hydrogens is 274 g/mol. The van der Waals surface area contributed by atoms with Crippen LogP contribution in [0.25, 0.3) is 0 Å². The average Bonchev–Trinajstić information content (AvgIpc) is 2.39. The molecule has 0 bridgehead atoms. The molecule has 1 rings (SSSR count). The Morgan fingerprint density at radius 3 is 2.55 bits per heavy atom. The fourth-order valence-corrected chi connectivity index (χ4v) is 3.30. The van der Waals surface area contributed by atoms with Crippen LogP contribution in [-0.2, 0) is 9.84 Å². The number of hydrogen-bond donors (Lipinski definition) is 2. The van der Waals surface area contributed by atoms with Gasteiger partial charge in [0, 0.05) is 18.2 Å². The number of amidine groups is 1. The SMILES string of the molecule is CCN(CCS(=O)(=O)c1cccc(C(=N)N)c1)C(C)C. The van der Waals surface area contributed by atoms with Crippen molar-refractivity contribution in [2.24, 2.45) is 5.73 Å². The number of nitrogens with two attached hydrogens (primary N) is 1. The van der Waals surface area contributed by atoms with Crippen LogP contribution in [0.1, 0.15) is 26.3 Å². The molecule has 0 unspecified atom stereocenters. The Kier molecular flexibility index (Phi) is 5.71. The second-order valence-corrected chi connectivity index (χ2v) is 7.09. The lowest BCUT2D eigenvalue weighted by atomic mass is 10.2. The lowest BCUT2D eigenvalue weighted by Crippen LogP contribution is -2.34. The molecule has 1 aromatic carbocycles. The van der Waals surface area contributed by atoms with E-state index in [-0.39, 0.29) is 16.5 Å². The van der Waals surface area contributed by atoms with Crippen LogP contribution >= 0.6 is 0 Å². The van der Waals surface area contributed by atoms with Crippen molar-refractivity contribution in [3.8, 4) is 0 Å². The first-order valence-electron chi connectivity index (χ1n) is 6.69. The third-order valence-corrected chi connectivity index (χ3v) is 4.98. The number of nitrogens with zero attached hydrogens (tertiary/aromatic N) is 1. The molecule has 0 radical (unpaired) electrons. The molecule has 0 saturated heterocycles. The molecule has 0 saturated carbocycles. The first kappa shape index (κ1) is 16.7. The highest BCUT2D eigenvalue weighted by molar-refractivity contribution is 7.91. The summed E-state index contributed by atoms with van der Waals surface area (Å²) in [5.41, 5.74) is 5.82. The lowest BCUT2D eigenvalue weighted by Gasteiger charge is -2.24. The van der Waals surface area contributed by atoms with Gasteiger partial charge in [0.25, 0.3) is 0 Å². The first-order valence-corrected chi connectivity index (χ1v) is 8.34. The van der Waals surface area contributed by atoms with Crippen LogP contribution in [0.15, 0.2) is 29.2 Å². The fraction of sp³-hybridized carbons (Fsp3) is 0.500. The maximum atomic E-state index is 12.3. The molecule has 1 aromatic rings. The topological polar surface area (TPSA) is 87.2 Å². The van der Waals surface area contributed by atoms with E-state index in [0.717, 1.165) is 6.54 Å². The highest BCUT2D eigenvalue weighted by atomic mass is 32.2. The highest BCUT2D eigenvalue weighted by Gasteiger charge is 2.17. The van der Waals surface area contributed by atoms with Crippen LogP contribution in [0.3, 0.4) is 0 Å². The number of benzene rings is 1. The van der Waals surface area contributed by atoms with Crippen molar-refractivity contribution in [3.63, 3.8) is 0 Å². The predicted molar refractivity (Wildman–Crippen MR) is 81.9 cm³/mol. The summed E-state index contributed by atoms with van der Waals surface area (Å²) >= 11 is 0.